The molecule has 0 unspecified atom stereocenters. The van der Waals surface area contributed by atoms with Crippen molar-refractivity contribution in [2.24, 2.45) is 0 Å². The molecule has 0 amide bonds. The molecule has 0 N–H and O–H groups in total. The lowest BCUT2D eigenvalue weighted by Crippen LogP contribution is -2.32. The summed E-state index contributed by atoms with van der Waals surface area (Å²) in [6.45, 7) is 9.88. The molecule has 11 heavy (non-hydrogen) atoms. The maximum atomic E-state index is 5.19. The minimum absolute atomic E-state index is 0.362. The highest BCUT2D eigenvalue weighted by Crippen LogP contribution is 1.96. The zero-order valence-electron chi connectivity index (χ0n) is 8.26. The summed E-state index contributed by atoms with van der Waals surface area (Å²) in [4.78, 5) is 2.41. The molecule has 68 valence electrons. The number of ether oxygens (including phenoxy) is 1. The monoisotopic (exact) mass is 159 g/mol. The number of rotatable bonds is 6. The van der Waals surface area contributed by atoms with Gasteiger partial charge in [0.2, 0.25) is 0 Å². The molecule has 0 heterocycles. The number of likely N-dealkylation sites (N-methyl/N-ethyl adjacent to an activating group) is 1. The summed E-state index contributed by atoms with van der Waals surface area (Å²) in [7, 11) is 1.77. The van der Waals surface area contributed by atoms with Gasteiger partial charge in [-0.05, 0) is 26.4 Å². The van der Waals surface area contributed by atoms with Gasteiger partial charge in [-0.1, -0.05) is 13.8 Å². The molecule has 0 radical (unpaired) electrons. The first kappa shape index (κ1) is 10.9. The molecular formula is C9H21NO. The van der Waals surface area contributed by atoms with Crippen LogP contribution in [0.1, 0.15) is 27.2 Å². The van der Waals surface area contributed by atoms with Crippen LogP contribution in [0, 0.1) is 0 Å². The molecule has 0 spiro atoms. The van der Waals surface area contributed by atoms with Crippen molar-refractivity contribution in [1.82, 2.24) is 4.90 Å². The number of nitrogens with zero attached hydrogens (tertiary/aromatic N) is 1. The lowest BCUT2D eigenvalue weighted by Gasteiger charge is -2.22. The van der Waals surface area contributed by atoms with E-state index in [9.17, 15) is 0 Å². The number of methoxy groups -OCH3 is 1. The van der Waals surface area contributed by atoms with E-state index in [0.717, 1.165) is 13.1 Å². The van der Waals surface area contributed by atoms with Gasteiger partial charge in [0, 0.05) is 13.7 Å². The zero-order valence-corrected chi connectivity index (χ0v) is 8.26. The minimum Gasteiger partial charge on any atom is -0.380 e. The van der Waals surface area contributed by atoms with Crippen molar-refractivity contribution in [3.63, 3.8) is 0 Å². The molecule has 0 aromatic heterocycles. The molecule has 1 atom stereocenters. The summed E-state index contributed by atoms with van der Waals surface area (Å²) in [5.41, 5.74) is 0. The molecule has 0 saturated heterocycles. The molecular weight excluding hydrogens is 138 g/mol. The van der Waals surface area contributed by atoms with Crippen LogP contribution in [0.15, 0.2) is 0 Å². The third-order valence-electron chi connectivity index (χ3n) is 1.90. The zero-order chi connectivity index (χ0) is 8.69. The van der Waals surface area contributed by atoms with E-state index < -0.39 is 0 Å². The molecule has 0 saturated carbocycles. The lowest BCUT2D eigenvalue weighted by atomic mass is 10.3. The van der Waals surface area contributed by atoms with Gasteiger partial charge in [-0.2, -0.15) is 0 Å². The van der Waals surface area contributed by atoms with Crippen LogP contribution in [-0.2, 0) is 4.74 Å². The molecule has 0 fully saturated rings. The summed E-state index contributed by atoms with van der Waals surface area (Å²) < 4.78 is 5.19. The predicted molar refractivity (Wildman–Crippen MR) is 48.9 cm³/mol. The first-order valence-electron chi connectivity index (χ1n) is 4.49. The van der Waals surface area contributed by atoms with Gasteiger partial charge in [-0.15, -0.1) is 0 Å². The van der Waals surface area contributed by atoms with E-state index in [1.54, 1.807) is 7.11 Å². The summed E-state index contributed by atoms with van der Waals surface area (Å²) >= 11 is 0. The normalized spacial score (nSPS) is 13.9. The highest BCUT2D eigenvalue weighted by Gasteiger charge is 2.05. The SMILES string of the molecule is CCCN(CC)C[C@H](C)OC. The molecule has 0 aliphatic rings. The molecule has 0 rings (SSSR count). The molecule has 0 aliphatic heterocycles. The Hall–Kier alpha value is -0.0800. The van der Waals surface area contributed by atoms with Crippen LogP contribution in [0.2, 0.25) is 0 Å². The average molecular weight is 159 g/mol. The van der Waals surface area contributed by atoms with Crippen LogP contribution in [0.4, 0.5) is 0 Å². The molecule has 0 aliphatic carbocycles. The first-order chi connectivity index (χ1) is 5.24. The quantitative estimate of drug-likeness (QED) is 0.585. The fourth-order valence-electron chi connectivity index (χ4n) is 1.13. The number of hydrogen-bond acceptors (Lipinski definition) is 2. The van der Waals surface area contributed by atoms with Gasteiger partial charge < -0.3 is 9.64 Å². The van der Waals surface area contributed by atoms with Crippen molar-refractivity contribution in [2.45, 2.75) is 33.3 Å². The molecule has 2 nitrogen and oxygen atoms in total. The van der Waals surface area contributed by atoms with Gasteiger partial charge in [0.15, 0.2) is 0 Å². The molecule has 0 bridgehead atoms. The smallest absolute Gasteiger partial charge is 0.0670 e. The Labute approximate surface area is 70.5 Å². The maximum absolute atomic E-state index is 5.19. The largest absolute Gasteiger partial charge is 0.380 e. The van der Waals surface area contributed by atoms with Crippen molar-refractivity contribution >= 4 is 0 Å². The van der Waals surface area contributed by atoms with E-state index >= 15 is 0 Å². The highest BCUT2D eigenvalue weighted by atomic mass is 16.5. The van der Waals surface area contributed by atoms with Crippen molar-refractivity contribution < 1.29 is 4.74 Å². The van der Waals surface area contributed by atoms with Crippen LogP contribution in [0.3, 0.4) is 0 Å². The van der Waals surface area contributed by atoms with Crippen LogP contribution >= 0.6 is 0 Å². The van der Waals surface area contributed by atoms with Crippen molar-refractivity contribution in [3.8, 4) is 0 Å². The Balaban J connectivity index is 3.49. The van der Waals surface area contributed by atoms with Gasteiger partial charge in [0.05, 0.1) is 6.10 Å². The Morgan fingerprint density at radius 3 is 2.36 bits per heavy atom. The van der Waals surface area contributed by atoms with Crippen molar-refractivity contribution in [1.29, 1.82) is 0 Å². The highest BCUT2D eigenvalue weighted by molar-refractivity contribution is 4.59. The second-order valence-corrected chi connectivity index (χ2v) is 2.94. The summed E-state index contributed by atoms with van der Waals surface area (Å²) in [5.74, 6) is 0. The van der Waals surface area contributed by atoms with E-state index in [0.29, 0.717) is 6.10 Å². The predicted octanol–water partition coefficient (Wildman–Crippen LogP) is 1.75. The van der Waals surface area contributed by atoms with Crippen molar-refractivity contribution in [3.05, 3.63) is 0 Å². The van der Waals surface area contributed by atoms with E-state index in [-0.39, 0.29) is 0 Å². The molecule has 2 heteroatoms. The van der Waals surface area contributed by atoms with Crippen molar-refractivity contribution in [2.75, 3.05) is 26.7 Å². The third kappa shape index (κ3) is 5.22. The second kappa shape index (κ2) is 6.62. The van der Waals surface area contributed by atoms with Crippen LogP contribution in [-0.4, -0.2) is 37.7 Å². The fourth-order valence-corrected chi connectivity index (χ4v) is 1.13. The minimum atomic E-state index is 0.362. The summed E-state index contributed by atoms with van der Waals surface area (Å²) in [5, 5.41) is 0. The Morgan fingerprint density at radius 1 is 1.36 bits per heavy atom. The van der Waals surface area contributed by atoms with Gasteiger partial charge >= 0.3 is 0 Å². The average Bonchev–Trinajstić information content (AvgIpc) is 2.03. The topological polar surface area (TPSA) is 12.5 Å². The first-order valence-corrected chi connectivity index (χ1v) is 4.49. The van der Waals surface area contributed by atoms with E-state index in [1.807, 2.05) is 0 Å². The number of hydrogen-bond donors (Lipinski definition) is 0. The van der Waals surface area contributed by atoms with Gasteiger partial charge in [-0.25, -0.2) is 0 Å². The van der Waals surface area contributed by atoms with E-state index in [2.05, 4.69) is 25.7 Å². The maximum Gasteiger partial charge on any atom is 0.0670 e. The molecule has 0 aromatic rings. The fraction of sp³-hybridized carbons (Fsp3) is 1.00. The van der Waals surface area contributed by atoms with Gasteiger partial charge in [0.25, 0.3) is 0 Å². The Morgan fingerprint density at radius 2 is 2.00 bits per heavy atom. The van der Waals surface area contributed by atoms with Crippen LogP contribution < -0.4 is 0 Å². The third-order valence-corrected chi connectivity index (χ3v) is 1.90. The summed E-state index contributed by atoms with van der Waals surface area (Å²) in [6.07, 6.45) is 1.59. The summed E-state index contributed by atoms with van der Waals surface area (Å²) in [6, 6.07) is 0. The van der Waals surface area contributed by atoms with E-state index in [1.165, 1.54) is 13.0 Å². The Bertz CT molecular complexity index is 85.6. The Kier molecular flexibility index (Phi) is 6.57. The second-order valence-electron chi connectivity index (χ2n) is 2.94. The van der Waals surface area contributed by atoms with E-state index in [4.69, 9.17) is 4.74 Å². The van der Waals surface area contributed by atoms with Gasteiger partial charge in [-0.3, -0.25) is 0 Å². The van der Waals surface area contributed by atoms with Crippen LogP contribution in [0.25, 0.3) is 0 Å². The van der Waals surface area contributed by atoms with Crippen LogP contribution in [0.5, 0.6) is 0 Å². The standard InChI is InChI=1S/C9H21NO/c1-5-7-10(6-2)8-9(3)11-4/h9H,5-8H2,1-4H3/t9-/m0/s1. The lowest BCUT2D eigenvalue weighted by molar-refractivity contribution is 0.0789. The van der Waals surface area contributed by atoms with Gasteiger partial charge in [0.1, 0.15) is 0 Å². The molecule has 0 aromatic carbocycles.